The van der Waals surface area contributed by atoms with E-state index in [1.807, 2.05) is 11.8 Å². The van der Waals surface area contributed by atoms with Gasteiger partial charge in [0.05, 0.1) is 10.5 Å². The van der Waals surface area contributed by atoms with E-state index in [1.165, 1.54) is 6.07 Å². The summed E-state index contributed by atoms with van der Waals surface area (Å²) in [7, 11) is 0. The van der Waals surface area contributed by atoms with Crippen LogP contribution in [0.15, 0.2) is 24.3 Å². The summed E-state index contributed by atoms with van der Waals surface area (Å²) in [6.45, 7) is 3.11. The molecule has 5 nitrogen and oxygen atoms in total. The lowest BCUT2D eigenvalue weighted by Crippen LogP contribution is -2.42. The van der Waals surface area contributed by atoms with Crippen molar-refractivity contribution in [2.45, 2.75) is 25.4 Å². The summed E-state index contributed by atoms with van der Waals surface area (Å²) in [5.74, 6) is 0. The van der Waals surface area contributed by atoms with E-state index in [9.17, 15) is 15.2 Å². The summed E-state index contributed by atoms with van der Waals surface area (Å²) in [5, 5.41) is 20.8. The largest absolute Gasteiger partial charge is 0.390 e. The zero-order chi connectivity index (χ0) is 12.5. The normalized spacial score (nSPS) is 19.1. The van der Waals surface area contributed by atoms with Crippen molar-refractivity contribution in [1.29, 1.82) is 0 Å². The molecule has 1 saturated heterocycles. The molecule has 1 N–H and O–H groups in total. The lowest BCUT2D eigenvalue weighted by atomic mass is 9.93. The molecule has 92 valence electrons. The molecule has 1 fully saturated rings. The Balaban J connectivity index is 2.21. The van der Waals surface area contributed by atoms with Crippen LogP contribution in [0.2, 0.25) is 0 Å². The average molecular weight is 236 g/mol. The first kappa shape index (κ1) is 11.9. The highest BCUT2D eigenvalue weighted by Gasteiger charge is 2.29. The van der Waals surface area contributed by atoms with Crippen LogP contribution in [0.5, 0.6) is 0 Å². The van der Waals surface area contributed by atoms with Crippen LogP contribution < -0.4 is 4.90 Å². The van der Waals surface area contributed by atoms with Crippen molar-refractivity contribution in [3.63, 3.8) is 0 Å². The Labute approximate surface area is 99.8 Å². The predicted molar refractivity (Wildman–Crippen MR) is 65.2 cm³/mol. The lowest BCUT2D eigenvalue weighted by molar-refractivity contribution is -0.384. The molecule has 1 heterocycles. The highest BCUT2D eigenvalue weighted by atomic mass is 16.6. The first-order valence-electron chi connectivity index (χ1n) is 5.70. The average Bonchev–Trinajstić information content (AvgIpc) is 2.29. The number of para-hydroxylation sites is 2. The Hall–Kier alpha value is -1.62. The van der Waals surface area contributed by atoms with Gasteiger partial charge in [0.2, 0.25) is 0 Å². The van der Waals surface area contributed by atoms with Crippen LogP contribution in [-0.2, 0) is 0 Å². The standard InChI is InChI=1S/C12H16N2O3/c1-12(15)6-8-13(9-7-12)10-4-2-3-5-11(10)14(16)17/h2-5,15H,6-9H2,1H3. The van der Waals surface area contributed by atoms with Gasteiger partial charge in [0, 0.05) is 19.2 Å². The molecule has 0 amide bonds. The van der Waals surface area contributed by atoms with Crippen LogP contribution in [0.1, 0.15) is 19.8 Å². The second-order valence-electron chi connectivity index (χ2n) is 4.73. The molecule has 1 aliphatic rings. The Kier molecular flexibility index (Phi) is 3.02. The number of hydrogen-bond acceptors (Lipinski definition) is 4. The quantitative estimate of drug-likeness (QED) is 0.629. The number of nitro benzene ring substituents is 1. The molecule has 0 radical (unpaired) electrons. The molecule has 1 aromatic carbocycles. The number of benzene rings is 1. The monoisotopic (exact) mass is 236 g/mol. The first-order valence-corrected chi connectivity index (χ1v) is 5.70. The second-order valence-corrected chi connectivity index (χ2v) is 4.73. The molecule has 0 aliphatic carbocycles. The van der Waals surface area contributed by atoms with Crippen LogP contribution in [0, 0.1) is 10.1 Å². The highest BCUT2D eigenvalue weighted by Crippen LogP contribution is 2.31. The van der Waals surface area contributed by atoms with E-state index >= 15 is 0 Å². The van der Waals surface area contributed by atoms with Gasteiger partial charge in [-0.25, -0.2) is 0 Å². The molecule has 0 unspecified atom stereocenters. The van der Waals surface area contributed by atoms with E-state index in [2.05, 4.69) is 0 Å². The number of nitro groups is 1. The smallest absolute Gasteiger partial charge is 0.292 e. The van der Waals surface area contributed by atoms with Gasteiger partial charge in [0.15, 0.2) is 0 Å². The molecule has 5 heteroatoms. The topological polar surface area (TPSA) is 66.6 Å². The van der Waals surface area contributed by atoms with E-state index in [-0.39, 0.29) is 10.6 Å². The minimum atomic E-state index is -0.639. The fraction of sp³-hybridized carbons (Fsp3) is 0.500. The summed E-state index contributed by atoms with van der Waals surface area (Å²) in [5.41, 5.74) is 0.141. The van der Waals surface area contributed by atoms with Crippen molar-refractivity contribution in [3.05, 3.63) is 34.4 Å². The van der Waals surface area contributed by atoms with Gasteiger partial charge in [-0.05, 0) is 25.8 Å². The van der Waals surface area contributed by atoms with Crippen molar-refractivity contribution in [2.24, 2.45) is 0 Å². The van der Waals surface area contributed by atoms with E-state index in [0.29, 0.717) is 31.6 Å². The molecule has 0 saturated carbocycles. The number of rotatable bonds is 2. The van der Waals surface area contributed by atoms with Gasteiger partial charge in [-0.3, -0.25) is 10.1 Å². The van der Waals surface area contributed by atoms with Crippen molar-refractivity contribution in [3.8, 4) is 0 Å². The zero-order valence-electron chi connectivity index (χ0n) is 9.80. The van der Waals surface area contributed by atoms with Crippen molar-refractivity contribution in [2.75, 3.05) is 18.0 Å². The van der Waals surface area contributed by atoms with Gasteiger partial charge in [-0.1, -0.05) is 12.1 Å². The third-order valence-corrected chi connectivity index (χ3v) is 3.26. The van der Waals surface area contributed by atoms with E-state index in [0.717, 1.165) is 0 Å². The number of nitrogens with zero attached hydrogens (tertiary/aromatic N) is 2. The molecule has 0 aromatic heterocycles. The van der Waals surface area contributed by atoms with Crippen molar-refractivity contribution >= 4 is 11.4 Å². The lowest BCUT2D eigenvalue weighted by Gasteiger charge is -2.36. The minimum absolute atomic E-state index is 0.133. The molecule has 17 heavy (non-hydrogen) atoms. The first-order chi connectivity index (χ1) is 7.99. The van der Waals surface area contributed by atoms with Crippen LogP contribution in [-0.4, -0.2) is 28.7 Å². The molecular weight excluding hydrogens is 220 g/mol. The van der Waals surface area contributed by atoms with E-state index in [1.54, 1.807) is 18.2 Å². The van der Waals surface area contributed by atoms with Crippen molar-refractivity contribution < 1.29 is 10.0 Å². The Morgan fingerprint density at radius 1 is 1.35 bits per heavy atom. The maximum Gasteiger partial charge on any atom is 0.292 e. The van der Waals surface area contributed by atoms with Gasteiger partial charge < -0.3 is 10.0 Å². The summed E-state index contributed by atoms with van der Waals surface area (Å²) < 4.78 is 0. The maximum atomic E-state index is 10.9. The van der Waals surface area contributed by atoms with Gasteiger partial charge in [-0.15, -0.1) is 0 Å². The highest BCUT2D eigenvalue weighted by molar-refractivity contribution is 5.63. The third-order valence-electron chi connectivity index (χ3n) is 3.26. The molecule has 1 aromatic rings. The molecule has 2 rings (SSSR count). The van der Waals surface area contributed by atoms with Gasteiger partial charge >= 0.3 is 0 Å². The van der Waals surface area contributed by atoms with Crippen LogP contribution in [0.4, 0.5) is 11.4 Å². The fourth-order valence-electron chi connectivity index (χ4n) is 2.12. The van der Waals surface area contributed by atoms with Crippen molar-refractivity contribution in [1.82, 2.24) is 0 Å². The summed E-state index contributed by atoms with van der Waals surface area (Å²) >= 11 is 0. The third kappa shape index (κ3) is 2.55. The van der Waals surface area contributed by atoms with Crippen LogP contribution in [0.3, 0.4) is 0 Å². The molecule has 0 spiro atoms. The van der Waals surface area contributed by atoms with E-state index < -0.39 is 5.60 Å². The zero-order valence-corrected chi connectivity index (χ0v) is 9.80. The number of hydrogen-bond donors (Lipinski definition) is 1. The Bertz CT molecular complexity index is 422. The van der Waals surface area contributed by atoms with Gasteiger partial charge in [0.1, 0.15) is 5.69 Å². The van der Waals surface area contributed by atoms with Gasteiger partial charge in [0.25, 0.3) is 5.69 Å². The molecular formula is C12H16N2O3. The Morgan fingerprint density at radius 3 is 2.53 bits per heavy atom. The summed E-state index contributed by atoms with van der Waals surface area (Å²) in [6, 6.07) is 6.75. The minimum Gasteiger partial charge on any atom is -0.390 e. The second kappa shape index (κ2) is 4.33. The summed E-state index contributed by atoms with van der Waals surface area (Å²) in [6.07, 6.45) is 1.28. The maximum absolute atomic E-state index is 10.9. The molecule has 0 atom stereocenters. The fourth-order valence-corrected chi connectivity index (χ4v) is 2.12. The summed E-state index contributed by atoms with van der Waals surface area (Å²) in [4.78, 5) is 12.5. The molecule has 1 aliphatic heterocycles. The van der Waals surface area contributed by atoms with Crippen LogP contribution in [0.25, 0.3) is 0 Å². The Morgan fingerprint density at radius 2 is 1.94 bits per heavy atom. The predicted octanol–water partition coefficient (Wildman–Crippen LogP) is 1.95. The number of piperidine rings is 1. The van der Waals surface area contributed by atoms with Gasteiger partial charge in [-0.2, -0.15) is 0 Å². The SMILES string of the molecule is CC1(O)CCN(c2ccccc2[N+](=O)[O-])CC1. The molecule has 0 bridgehead atoms. The van der Waals surface area contributed by atoms with E-state index in [4.69, 9.17) is 0 Å². The number of anilines is 1. The number of aliphatic hydroxyl groups is 1. The van der Waals surface area contributed by atoms with Crippen LogP contribution >= 0.6 is 0 Å².